The third-order valence-corrected chi connectivity index (χ3v) is 6.69. The van der Waals surface area contributed by atoms with Crippen LogP contribution in [0.2, 0.25) is 0 Å². The molecule has 2 N–H and O–H groups in total. The quantitative estimate of drug-likeness (QED) is 0.449. The van der Waals surface area contributed by atoms with Crippen molar-refractivity contribution in [2.45, 2.75) is 33.0 Å². The fourth-order valence-corrected chi connectivity index (χ4v) is 4.91. The van der Waals surface area contributed by atoms with E-state index in [1.54, 1.807) is 0 Å². The number of fused-ring (bicyclic) bond motifs is 2. The van der Waals surface area contributed by atoms with Crippen LogP contribution in [0.3, 0.4) is 0 Å². The SMILES string of the molecule is CC.COc1cc2c(c(OC)c1O)C1=C(C=CC1=O)C(=O)N(Cc1ccccc1)C2C(=O)NCc1ccccc1. The molecule has 0 saturated heterocycles. The van der Waals surface area contributed by atoms with Crippen molar-refractivity contribution in [1.29, 1.82) is 0 Å². The smallest absolute Gasteiger partial charge is 0.255 e. The maximum atomic E-state index is 14.0. The van der Waals surface area contributed by atoms with Gasteiger partial charge < -0.3 is 24.8 Å². The summed E-state index contributed by atoms with van der Waals surface area (Å²) in [5.41, 5.74) is 2.41. The minimum Gasteiger partial charge on any atom is -0.502 e. The lowest BCUT2D eigenvalue weighted by atomic mass is 9.90. The number of hydrogen-bond donors (Lipinski definition) is 2. The lowest BCUT2D eigenvalue weighted by Gasteiger charge is -2.31. The summed E-state index contributed by atoms with van der Waals surface area (Å²) >= 11 is 0. The fraction of sp³-hybridized carbons (Fsp3) is 0.219. The second kappa shape index (κ2) is 12.3. The fourth-order valence-electron chi connectivity index (χ4n) is 4.91. The highest BCUT2D eigenvalue weighted by Crippen LogP contribution is 2.50. The van der Waals surface area contributed by atoms with E-state index in [-0.39, 0.29) is 47.0 Å². The molecule has 3 aromatic carbocycles. The standard InChI is InChI=1S/C30H26N2O6.C2H6/c1-37-23-15-21-25(28(38-2)27(23)34)24-20(13-14-22(24)33)30(36)32(17-19-11-7-4-8-12-19)26(21)29(35)31-16-18-9-5-3-6-10-18;1-2/h3-15,26,34H,16-17H2,1-2H3,(H,31,35);1-2H3. The van der Waals surface area contributed by atoms with E-state index in [9.17, 15) is 19.5 Å². The van der Waals surface area contributed by atoms with Crippen LogP contribution in [0.25, 0.3) is 5.57 Å². The number of benzene rings is 3. The van der Waals surface area contributed by atoms with Crippen molar-refractivity contribution in [3.05, 3.63) is 107 Å². The molecule has 5 rings (SSSR count). The van der Waals surface area contributed by atoms with Crippen LogP contribution in [0.5, 0.6) is 17.2 Å². The predicted octanol–water partition coefficient (Wildman–Crippen LogP) is 4.73. The average Bonchev–Trinajstić information content (AvgIpc) is 3.34. The lowest BCUT2D eigenvalue weighted by molar-refractivity contribution is -0.138. The number of aromatic hydroxyl groups is 1. The Hall–Kier alpha value is -4.85. The monoisotopic (exact) mass is 540 g/mol. The van der Waals surface area contributed by atoms with Gasteiger partial charge in [-0.2, -0.15) is 0 Å². The number of phenols is 1. The van der Waals surface area contributed by atoms with Gasteiger partial charge in [0.1, 0.15) is 6.04 Å². The maximum absolute atomic E-state index is 14.0. The summed E-state index contributed by atoms with van der Waals surface area (Å²) in [6, 6.07) is 19.0. The first-order chi connectivity index (χ1) is 19.4. The van der Waals surface area contributed by atoms with Crippen molar-refractivity contribution in [3.63, 3.8) is 0 Å². The zero-order chi connectivity index (χ0) is 28.8. The van der Waals surface area contributed by atoms with Crippen LogP contribution in [0.15, 0.2) is 84.5 Å². The molecule has 0 aromatic heterocycles. The first-order valence-corrected chi connectivity index (χ1v) is 13.1. The number of carbonyl (C=O) groups excluding carboxylic acids is 3. The van der Waals surface area contributed by atoms with Crippen LogP contribution in [-0.2, 0) is 27.5 Å². The molecule has 0 radical (unpaired) electrons. The van der Waals surface area contributed by atoms with Crippen LogP contribution in [-0.4, -0.2) is 41.8 Å². The number of allylic oxidation sites excluding steroid dienone is 2. The number of carbonyl (C=O) groups is 3. The first-order valence-electron chi connectivity index (χ1n) is 13.1. The summed E-state index contributed by atoms with van der Waals surface area (Å²) < 4.78 is 10.9. The van der Waals surface area contributed by atoms with Gasteiger partial charge in [0.05, 0.1) is 19.8 Å². The molecule has 1 atom stereocenters. The number of phenolic OH excluding ortho intramolecular Hbond substituents is 1. The van der Waals surface area contributed by atoms with Crippen molar-refractivity contribution >= 4 is 23.2 Å². The normalized spacial score (nSPS) is 15.5. The molecule has 40 heavy (non-hydrogen) atoms. The van der Waals surface area contributed by atoms with E-state index in [0.717, 1.165) is 11.1 Å². The second-order valence-electron chi connectivity index (χ2n) is 8.94. The van der Waals surface area contributed by atoms with E-state index in [0.29, 0.717) is 5.56 Å². The van der Waals surface area contributed by atoms with Gasteiger partial charge in [0.2, 0.25) is 11.7 Å². The summed E-state index contributed by atoms with van der Waals surface area (Å²) in [4.78, 5) is 42.5. The summed E-state index contributed by atoms with van der Waals surface area (Å²) in [5.74, 6) is -1.67. The predicted molar refractivity (Wildman–Crippen MR) is 152 cm³/mol. The highest BCUT2D eigenvalue weighted by atomic mass is 16.5. The van der Waals surface area contributed by atoms with Gasteiger partial charge in [-0.05, 0) is 34.9 Å². The Bertz CT molecular complexity index is 1480. The Morgan fingerprint density at radius 3 is 2.15 bits per heavy atom. The van der Waals surface area contributed by atoms with Gasteiger partial charge in [0.25, 0.3) is 5.91 Å². The van der Waals surface area contributed by atoms with E-state index in [2.05, 4.69) is 5.32 Å². The van der Waals surface area contributed by atoms with Crippen molar-refractivity contribution in [1.82, 2.24) is 10.2 Å². The second-order valence-corrected chi connectivity index (χ2v) is 8.94. The van der Waals surface area contributed by atoms with Crippen LogP contribution in [0, 0.1) is 0 Å². The minimum atomic E-state index is -1.16. The number of ketones is 1. The molecular formula is C32H32N2O6. The molecule has 0 bridgehead atoms. The average molecular weight is 541 g/mol. The lowest BCUT2D eigenvalue weighted by Crippen LogP contribution is -2.43. The van der Waals surface area contributed by atoms with E-state index < -0.39 is 23.6 Å². The number of nitrogens with one attached hydrogen (secondary N) is 1. The zero-order valence-corrected chi connectivity index (χ0v) is 22.9. The van der Waals surface area contributed by atoms with E-state index in [1.165, 1.54) is 37.3 Å². The summed E-state index contributed by atoms with van der Waals surface area (Å²) in [6.45, 7) is 4.34. The van der Waals surface area contributed by atoms with E-state index >= 15 is 0 Å². The molecule has 1 aliphatic carbocycles. The molecule has 1 heterocycles. The number of hydrogen-bond acceptors (Lipinski definition) is 6. The van der Waals surface area contributed by atoms with E-state index in [4.69, 9.17) is 9.47 Å². The third-order valence-electron chi connectivity index (χ3n) is 6.69. The number of nitrogens with zero attached hydrogens (tertiary/aromatic N) is 1. The number of amides is 2. The van der Waals surface area contributed by atoms with Crippen molar-refractivity contribution in [2.24, 2.45) is 0 Å². The Kier molecular flexibility index (Phi) is 8.69. The Balaban J connectivity index is 0.00000181. The number of rotatable bonds is 7. The molecule has 8 nitrogen and oxygen atoms in total. The zero-order valence-electron chi connectivity index (χ0n) is 22.9. The van der Waals surface area contributed by atoms with Gasteiger partial charge in [0.15, 0.2) is 17.3 Å². The van der Waals surface area contributed by atoms with Crippen LogP contribution >= 0.6 is 0 Å². The van der Waals surface area contributed by atoms with Gasteiger partial charge >= 0.3 is 0 Å². The van der Waals surface area contributed by atoms with Gasteiger partial charge in [-0.1, -0.05) is 74.5 Å². The minimum absolute atomic E-state index is 0.0425. The Labute approximate surface area is 233 Å². The van der Waals surface area contributed by atoms with Gasteiger partial charge in [-0.3, -0.25) is 14.4 Å². The molecular weight excluding hydrogens is 508 g/mol. The molecule has 3 aromatic rings. The topological polar surface area (TPSA) is 105 Å². The van der Waals surface area contributed by atoms with Gasteiger partial charge in [0, 0.05) is 24.2 Å². The molecule has 0 saturated carbocycles. The largest absolute Gasteiger partial charge is 0.502 e. The van der Waals surface area contributed by atoms with Crippen LogP contribution < -0.4 is 14.8 Å². The Morgan fingerprint density at radius 1 is 0.925 bits per heavy atom. The molecule has 2 amide bonds. The first kappa shape index (κ1) is 28.2. The summed E-state index contributed by atoms with van der Waals surface area (Å²) in [5, 5.41) is 13.8. The molecule has 206 valence electrons. The van der Waals surface area contributed by atoms with Crippen LogP contribution in [0.1, 0.15) is 42.1 Å². The van der Waals surface area contributed by atoms with Crippen molar-refractivity contribution in [2.75, 3.05) is 14.2 Å². The van der Waals surface area contributed by atoms with Crippen LogP contribution in [0.4, 0.5) is 0 Å². The molecule has 1 unspecified atom stereocenters. The highest BCUT2D eigenvalue weighted by molar-refractivity contribution is 6.36. The Morgan fingerprint density at radius 2 is 1.55 bits per heavy atom. The molecule has 0 fully saturated rings. The van der Waals surface area contributed by atoms with E-state index in [1.807, 2.05) is 74.5 Å². The molecule has 0 spiro atoms. The van der Waals surface area contributed by atoms with Gasteiger partial charge in [-0.15, -0.1) is 0 Å². The molecule has 8 heteroatoms. The number of methoxy groups -OCH3 is 2. The van der Waals surface area contributed by atoms with Gasteiger partial charge in [-0.25, -0.2) is 0 Å². The summed E-state index contributed by atoms with van der Waals surface area (Å²) in [6.07, 6.45) is 2.76. The summed E-state index contributed by atoms with van der Waals surface area (Å²) in [7, 11) is 2.72. The third kappa shape index (κ3) is 5.20. The number of ether oxygens (including phenoxy) is 2. The van der Waals surface area contributed by atoms with Crippen molar-refractivity contribution < 1.29 is 29.0 Å². The van der Waals surface area contributed by atoms with Crippen molar-refractivity contribution in [3.8, 4) is 17.2 Å². The molecule has 2 aliphatic rings. The molecule has 1 aliphatic heterocycles. The maximum Gasteiger partial charge on any atom is 0.255 e. The highest BCUT2D eigenvalue weighted by Gasteiger charge is 2.43.